The number of likely N-dealkylation sites (tertiary alicyclic amines) is 1. The van der Waals surface area contributed by atoms with Crippen LogP contribution < -0.4 is 5.32 Å². The first-order valence-corrected chi connectivity index (χ1v) is 9.36. The number of furan rings is 1. The Hall–Kier alpha value is -3.09. The van der Waals surface area contributed by atoms with Crippen LogP contribution in [0.5, 0.6) is 0 Å². The van der Waals surface area contributed by atoms with E-state index >= 15 is 0 Å². The summed E-state index contributed by atoms with van der Waals surface area (Å²) in [6.45, 7) is 4.24. The van der Waals surface area contributed by atoms with E-state index in [9.17, 15) is 14.4 Å². The zero-order valence-electron chi connectivity index (χ0n) is 16.0. The van der Waals surface area contributed by atoms with E-state index in [0.717, 1.165) is 0 Å². The molecule has 0 spiro atoms. The van der Waals surface area contributed by atoms with Gasteiger partial charge in [-0.15, -0.1) is 0 Å². The molecule has 1 aromatic heterocycles. The van der Waals surface area contributed by atoms with Crippen LogP contribution in [0.15, 0.2) is 47.1 Å². The van der Waals surface area contributed by atoms with Gasteiger partial charge >= 0.3 is 5.97 Å². The zero-order chi connectivity index (χ0) is 20.1. The first kappa shape index (κ1) is 19.7. The number of carbonyl (C=O) groups excluding carboxylic acids is 3. The van der Waals surface area contributed by atoms with Gasteiger partial charge in [0.25, 0.3) is 11.8 Å². The van der Waals surface area contributed by atoms with E-state index in [4.69, 9.17) is 9.15 Å². The summed E-state index contributed by atoms with van der Waals surface area (Å²) in [5.41, 5.74) is 1.81. The molecule has 0 radical (unpaired) electrons. The van der Waals surface area contributed by atoms with Crippen molar-refractivity contribution in [1.82, 2.24) is 4.90 Å². The summed E-state index contributed by atoms with van der Waals surface area (Å²) in [4.78, 5) is 38.3. The van der Waals surface area contributed by atoms with Gasteiger partial charge in [0.2, 0.25) is 0 Å². The number of nitrogens with one attached hydrogen (secondary N) is 1. The summed E-state index contributed by atoms with van der Waals surface area (Å²) >= 11 is 0. The minimum absolute atomic E-state index is 0.183. The number of hydrogen-bond donors (Lipinski definition) is 1. The topological polar surface area (TPSA) is 88.9 Å². The summed E-state index contributed by atoms with van der Waals surface area (Å²) in [6.07, 6.45) is 2.61. The van der Waals surface area contributed by atoms with E-state index in [1.165, 1.54) is 16.7 Å². The molecule has 1 saturated heterocycles. The molecule has 0 saturated carbocycles. The maximum Gasteiger partial charge on any atom is 0.329 e. The molecule has 3 rings (SSSR count). The lowest BCUT2D eigenvalue weighted by Crippen LogP contribution is -2.42. The molecule has 1 aliphatic rings. The fourth-order valence-electron chi connectivity index (χ4n) is 3.18. The van der Waals surface area contributed by atoms with Crippen LogP contribution in [0.1, 0.15) is 48.7 Å². The van der Waals surface area contributed by atoms with Crippen LogP contribution in [0.4, 0.5) is 5.69 Å². The van der Waals surface area contributed by atoms with Crippen molar-refractivity contribution in [3.63, 3.8) is 0 Å². The molecule has 28 heavy (non-hydrogen) atoms. The number of amides is 2. The lowest BCUT2D eigenvalue weighted by molar-refractivity contribution is -0.151. The number of carbonyl (C=O) groups is 3. The number of ether oxygens (including phenoxy) is 1. The Kier molecular flexibility index (Phi) is 6.13. The predicted octanol–water partition coefficient (Wildman–Crippen LogP) is 3.19. The molecular formula is C21H24N2O5. The van der Waals surface area contributed by atoms with Crippen molar-refractivity contribution in [2.24, 2.45) is 0 Å². The average Bonchev–Trinajstić information content (AvgIpc) is 3.38. The van der Waals surface area contributed by atoms with Crippen LogP contribution in [-0.2, 0) is 14.3 Å². The molecule has 2 heterocycles. The highest BCUT2D eigenvalue weighted by atomic mass is 16.5. The minimum atomic E-state index is -0.698. The molecule has 1 aromatic carbocycles. The Balaban J connectivity index is 1.51. The van der Waals surface area contributed by atoms with E-state index in [2.05, 4.69) is 19.2 Å². The van der Waals surface area contributed by atoms with Crippen molar-refractivity contribution in [1.29, 1.82) is 0 Å². The Morgan fingerprint density at radius 2 is 1.96 bits per heavy atom. The van der Waals surface area contributed by atoms with Gasteiger partial charge in [-0.1, -0.05) is 26.0 Å². The van der Waals surface area contributed by atoms with Crippen molar-refractivity contribution in [3.8, 4) is 0 Å². The highest BCUT2D eigenvalue weighted by molar-refractivity contribution is 5.96. The second-order valence-electron chi connectivity index (χ2n) is 7.07. The van der Waals surface area contributed by atoms with Crippen molar-refractivity contribution in [2.45, 2.75) is 38.6 Å². The molecule has 1 aliphatic heterocycles. The number of nitrogens with zero attached hydrogens (tertiary/aromatic N) is 1. The third-order valence-electron chi connectivity index (χ3n) is 4.72. The van der Waals surface area contributed by atoms with Crippen LogP contribution in [-0.4, -0.2) is 41.9 Å². The summed E-state index contributed by atoms with van der Waals surface area (Å²) in [7, 11) is 0. The van der Waals surface area contributed by atoms with Crippen LogP contribution in [0.3, 0.4) is 0 Å². The molecule has 0 aliphatic carbocycles. The van der Waals surface area contributed by atoms with Gasteiger partial charge in [-0.05, 0) is 48.6 Å². The summed E-state index contributed by atoms with van der Waals surface area (Å²) < 4.78 is 10.3. The van der Waals surface area contributed by atoms with Crippen molar-refractivity contribution < 1.29 is 23.5 Å². The largest absolute Gasteiger partial charge is 0.459 e. The SMILES string of the molecule is CC(C)c1ccc(NC(=O)COC(=O)C2CCCN2C(=O)c2ccco2)cc1. The lowest BCUT2D eigenvalue weighted by atomic mass is 10.0. The van der Waals surface area contributed by atoms with Crippen LogP contribution in [0.2, 0.25) is 0 Å². The van der Waals surface area contributed by atoms with Gasteiger partial charge in [0.1, 0.15) is 6.04 Å². The van der Waals surface area contributed by atoms with Gasteiger partial charge in [0.15, 0.2) is 12.4 Å². The summed E-state index contributed by atoms with van der Waals surface area (Å²) in [5.74, 6) is -0.763. The normalized spacial score (nSPS) is 16.2. The number of esters is 1. The van der Waals surface area contributed by atoms with Crippen LogP contribution in [0.25, 0.3) is 0 Å². The zero-order valence-corrected chi connectivity index (χ0v) is 16.0. The molecule has 7 heteroatoms. The molecule has 1 fully saturated rings. The number of benzene rings is 1. The van der Waals surface area contributed by atoms with Crippen LogP contribution in [0, 0.1) is 0 Å². The lowest BCUT2D eigenvalue weighted by Gasteiger charge is -2.22. The van der Waals surface area contributed by atoms with E-state index in [-0.39, 0.29) is 11.7 Å². The number of hydrogen-bond acceptors (Lipinski definition) is 5. The smallest absolute Gasteiger partial charge is 0.329 e. The Morgan fingerprint density at radius 3 is 2.61 bits per heavy atom. The minimum Gasteiger partial charge on any atom is -0.459 e. The van der Waals surface area contributed by atoms with Gasteiger partial charge in [0, 0.05) is 12.2 Å². The molecule has 1 N–H and O–H groups in total. The van der Waals surface area contributed by atoms with Crippen molar-refractivity contribution >= 4 is 23.5 Å². The summed E-state index contributed by atoms with van der Waals surface area (Å²) in [5, 5.41) is 2.70. The maximum atomic E-state index is 12.4. The molecule has 1 atom stereocenters. The second-order valence-corrected chi connectivity index (χ2v) is 7.07. The van der Waals surface area contributed by atoms with E-state index in [1.807, 2.05) is 24.3 Å². The Labute approximate surface area is 163 Å². The Morgan fingerprint density at radius 1 is 1.21 bits per heavy atom. The highest BCUT2D eigenvalue weighted by Crippen LogP contribution is 2.22. The van der Waals surface area contributed by atoms with E-state index in [0.29, 0.717) is 31.0 Å². The second kappa shape index (κ2) is 8.73. The fourth-order valence-corrected chi connectivity index (χ4v) is 3.18. The van der Waals surface area contributed by atoms with Gasteiger partial charge < -0.3 is 19.4 Å². The van der Waals surface area contributed by atoms with Gasteiger partial charge in [-0.3, -0.25) is 9.59 Å². The molecule has 148 valence electrons. The average molecular weight is 384 g/mol. The first-order chi connectivity index (χ1) is 13.5. The molecule has 7 nitrogen and oxygen atoms in total. The maximum absolute atomic E-state index is 12.4. The third-order valence-corrected chi connectivity index (χ3v) is 4.72. The third kappa shape index (κ3) is 4.60. The Bertz CT molecular complexity index is 827. The first-order valence-electron chi connectivity index (χ1n) is 9.36. The van der Waals surface area contributed by atoms with E-state index < -0.39 is 24.5 Å². The predicted molar refractivity (Wildman–Crippen MR) is 103 cm³/mol. The standard InChI is InChI=1S/C21H24N2O5/c1-14(2)15-7-9-16(10-8-15)22-19(24)13-28-21(26)17-5-3-11-23(17)20(25)18-6-4-12-27-18/h4,6-10,12,14,17H,3,5,11,13H2,1-2H3,(H,22,24). The molecule has 2 amide bonds. The summed E-state index contributed by atoms with van der Waals surface area (Å²) in [6, 6.07) is 10.0. The number of rotatable bonds is 6. The molecule has 2 aromatic rings. The van der Waals surface area contributed by atoms with Crippen molar-refractivity contribution in [3.05, 3.63) is 54.0 Å². The quantitative estimate of drug-likeness (QED) is 0.773. The van der Waals surface area contributed by atoms with E-state index in [1.54, 1.807) is 12.1 Å². The highest BCUT2D eigenvalue weighted by Gasteiger charge is 2.36. The fraction of sp³-hybridized carbons (Fsp3) is 0.381. The molecular weight excluding hydrogens is 360 g/mol. The molecule has 0 bridgehead atoms. The van der Waals surface area contributed by atoms with Gasteiger partial charge in [0.05, 0.1) is 6.26 Å². The van der Waals surface area contributed by atoms with Crippen LogP contribution >= 0.6 is 0 Å². The molecule has 1 unspecified atom stereocenters. The monoisotopic (exact) mass is 384 g/mol. The van der Waals surface area contributed by atoms with Crippen molar-refractivity contribution in [2.75, 3.05) is 18.5 Å². The number of anilines is 1. The van der Waals surface area contributed by atoms with Gasteiger partial charge in [-0.25, -0.2) is 4.79 Å². The van der Waals surface area contributed by atoms with Gasteiger partial charge in [-0.2, -0.15) is 0 Å².